The van der Waals surface area contributed by atoms with Crippen molar-refractivity contribution >= 4 is 5.71 Å². The summed E-state index contributed by atoms with van der Waals surface area (Å²) in [5.41, 5.74) is 2.60. The molecule has 4 aliphatic rings. The van der Waals surface area contributed by atoms with Crippen molar-refractivity contribution in [3.63, 3.8) is 0 Å². The molecule has 2 heteroatoms. The Morgan fingerprint density at radius 1 is 0.895 bits per heavy atom. The van der Waals surface area contributed by atoms with Gasteiger partial charge in [0.1, 0.15) is 6.61 Å². The monoisotopic (exact) mass is 255 g/mol. The Balaban J connectivity index is 1.43. The van der Waals surface area contributed by atoms with E-state index < -0.39 is 0 Å². The minimum atomic E-state index is 0.608. The second-order valence-corrected chi connectivity index (χ2v) is 6.58. The molecular formula is C17H21NO. The zero-order valence-corrected chi connectivity index (χ0v) is 11.3. The van der Waals surface area contributed by atoms with Crippen LogP contribution in [0.1, 0.15) is 37.7 Å². The summed E-state index contributed by atoms with van der Waals surface area (Å²) >= 11 is 0. The maximum Gasteiger partial charge on any atom is 0.142 e. The van der Waals surface area contributed by atoms with Gasteiger partial charge in [0.25, 0.3) is 0 Å². The van der Waals surface area contributed by atoms with Gasteiger partial charge in [-0.05, 0) is 49.5 Å². The molecule has 4 fully saturated rings. The van der Waals surface area contributed by atoms with Crippen LogP contribution in [0, 0.1) is 23.7 Å². The van der Waals surface area contributed by atoms with E-state index in [1.54, 1.807) is 0 Å². The van der Waals surface area contributed by atoms with Gasteiger partial charge in [0.2, 0.25) is 0 Å². The highest BCUT2D eigenvalue weighted by Crippen LogP contribution is 2.52. The smallest absolute Gasteiger partial charge is 0.142 e. The van der Waals surface area contributed by atoms with Gasteiger partial charge in [-0.2, -0.15) is 0 Å². The van der Waals surface area contributed by atoms with E-state index >= 15 is 0 Å². The van der Waals surface area contributed by atoms with E-state index in [9.17, 15) is 0 Å². The standard InChI is InChI=1S/C17H21NO/c1-2-4-12(5-3-1)11-19-18-17-15-7-13-6-14(9-15)10-16(17)8-13/h1-5,13-16H,6-11H2. The molecule has 0 radical (unpaired) electrons. The van der Waals surface area contributed by atoms with E-state index in [1.807, 2.05) is 6.07 Å². The summed E-state index contributed by atoms with van der Waals surface area (Å²) in [4.78, 5) is 5.63. The lowest BCUT2D eigenvalue weighted by atomic mass is 9.55. The van der Waals surface area contributed by atoms with Crippen molar-refractivity contribution in [3.8, 4) is 0 Å². The maximum atomic E-state index is 5.63. The Kier molecular flexibility index (Phi) is 2.82. The summed E-state index contributed by atoms with van der Waals surface area (Å²) in [7, 11) is 0. The molecule has 0 heterocycles. The van der Waals surface area contributed by atoms with E-state index in [-0.39, 0.29) is 0 Å². The molecule has 0 unspecified atom stereocenters. The predicted molar refractivity (Wildman–Crippen MR) is 75.7 cm³/mol. The summed E-state index contributed by atoms with van der Waals surface area (Å²) in [5, 5.41) is 4.53. The molecule has 0 atom stereocenters. The maximum absolute atomic E-state index is 5.63. The van der Waals surface area contributed by atoms with Gasteiger partial charge in [-0.1, -0.05) is 35.5 Å². The van der Waals surface area contributed by atoms with Crippen LogP contribution in [-0.4, -0.2) is 5.71 Å². The summed E-state index contributed by atoms with van der Waals surface area (Å²) < 4.78 is 0. The minimum absolute atomic E-state index is 0.608. The molecule has 0 aromatic heterocycles. The summed E-state index contributed by atoms with van der Waals surface area (Å²) in [6, 6.07) is 10.3. The van der Waals surface area contributed by atoms with Gasteiger partial charge < -0.3 is 4.84 Å². The van der Waals surface area contributed by atoms with E-state index in [2.05, 4.69) is 29.4 Å². The topological polar surface area (TPSA) is 21.6 Å². The number of benzene rings is 1. The average Bonchev–Trinajstić information content (AvgIpc) is 2.42. The first-order valence-corrected chi connectivity index (χ1v) is 7.62. The van der Waals surface area contributed by atoms with Crippen LogP contribution in [0.5, 0.6) is 0 Å². The summed E-state index contributed by atoms with van der Waals surface area (Å²) in [6.45, 7) is 0.608. The molecule has 100 valence electrons. The summed E-state index contributed by atoms with van der Waals surface area (Å²) in [6.07, 6.45) is 6.99. The van der Waals surface area contributed by atoms with Crippen LogP contribution in [-0.2, 0) is 11.4 Å². The van der Waals surface area contributed by atoms with Gasteiger partial charge in [-0.25, -0.2) is 0 Å². The first-order chi connectivity index (χ1) is 9.38. The van der Waals surface area contributed by atoms with Crippen molar-refractivity contribution in [1.29, 1.82) is 0 Å². The highest BCUT2D eigenvalue weighted by molar-refractivity contribution is 5.90. The fourth-order valence-electron chi connectivity index (χ4n) is 4.57. The molecule has 1 aromatic carbocycles. The molecule has 5 rings (SSSR count). The van der Waals surface area contributed by atoms with E-state index in [0.717, 1.165) is 23.7 Å². The Bertz CT molecular complexity index is 449. The number of oxime groups is 1. The molecule has 4 aliphatic carbocycles. The van der Waals surface area contributed by atoms with Gasteiger partial charge in [0.05, 0.1) is 5.71 Å². The van der Waals surface area contributed by atoms with Crippen molar-refractivity contribution in [2.24, 2.45) is 28.8 Å². The number of hydrogen-bond donors (Lipinski definition) is 0. The van der Waals surface area contributed by atoms with Crippen molar-refractivity contribution in [3.05, 3.63) is 35.9 Å². The largest absolute Gasteiger partial charge is 0.391 e. The second-order valence-electron chi connectivity index (χ2n) is 6.58. The lowest BCUT2D eigenvalue weighted by molar-refractivity contribution is 0.0852. The van der Waals surface area contributed by atoms with Gasteiger partial charge in [-0.3, -0.25) is 0 Å². The van der Waals surface area contributed by atoms with Crippen molar-refractivity contribution in [1.82, 2.24) is 0 Å². The first kappa shape index (κ1) is 11.5. The highest BCUT2D eigenvalue weighted by Gasteiger charge is 2.46. The third-order valence-corrected chi connectivity index (χ3v) is 5.22. The van der Waals surface area contributed by atoms with Gasteiger partial charge in [0, 0.05) is 11.8 Å². The highest BCUT2D eigenvalue weighted by atomic mass is 16.6. The zero-order chi connectivity index (χ0) is 12.7. The normalized spacial score (nSPS) is 35.5. The van der Waals surface area contributed by atoms with Crippen LogP contribution >= 0.6 is 0 Å². The third-order valence-electron chi connectivity index (χ3n) is 5.22. The van der Waals surface area contributed by atoms with Crippen LogP contribution in [0.4, 0.5) is 0 Å². The number of nitrogens with zero attached hydrogens (tertiary/aromatic N) is 1. The minimum Gasteiger partial charge on any atom is -0.391 e. The molecule has 2 nitrogen and oxygen atoms in total. The quantitative estimate of drug-likeness (QED) is 0.748. The van der Waals surface area contributed by atoms with Crippen LogP contribution in [0.3, 0.4) is 0 Å². The molecule has 4 bridgehead atoms. The molecule has 0 amide bonds. The van der Waals surface area contributed by atoms with Crippen LogP contribution < -0.4 is 0 Å². The van der Waals surface area contributed by atoms with Gasteiger partial charge >= 0.3 is 0 Å². The van der Waals surface area contributed by atoms with E-state index in [4.69, 9.17) is 4.84 Å². The van der Waals surface area contributed by atoms with Gasteiger partial charge in [0.15, 0.2) is 0 Å². The van der Waals surface area contributed by atoms with Crippen LogP contribution in [0.25, 0.3) is 0 Å². The summed E-state index contributed by atoms with van der Waals surface area (Å²) in [5.74, 6) is 3.48. The molecule has 0 saturated heterocycles. The Hall–Kier alpha value is -1.31. The van der Waals surface area contributed by atoms with E-state index in [0.29, 0.717) is 6.61 Å². The lowest BCUT2D eigenvalue weighted by Crippen LogP contribution is -2.45. The van der Waals surface area contributed by atoms with Crippen LogP contribution in [0.2, 0.25) is 0 Å². The fraction of sp³-hybridized carbons (Fsp3) is 0.588. The average molecular weight is 255 g/mol. The molecule has 0 spiro atoms. The molecule has 4 saturated carbocycles. The Labute approximate surface area is 114 Å². The van der Waals surface area contributed by atoms with Crippen molar-refractivity contribution < 1.29 is 4.84 Å². The SMILES string of the molecule is c1ccc(CON=C2C3CC4CC(C3)CC2C4)cc1. The molecule has 1 aromatic rings. The van der Waals surface area contributed by atoms with Crippen molar-refractivity contribution in [2.45, 2.75) is 38.7 Å². The first-order valence-electron chi connectivity index (χ1n) is 7.62. The fourth-order valence-corrected chi connectivity index (χ4v) is 4.57. The third kappa shape index (κ3) is 2.18. The van der Waals surface area contributed by atoms with Crippen molar-refractivity contribution in [2.75, 3.05) is 0 Å². The van der Waals surface area contributed by atoms with Crippen LogP contribution in [0.15, 0.2) is 35.5 Å². The Morgan fingerprint density at radius 2 is 1.53 bits per heavy atom. The Morgan fingerprint density at radius 3 is 2.16 bits per heavy atom. The molecule has 0 aliphatic heterocycles. The lowest BCUT2D eigenvalue weighted by Gasteiger charge is -2.49. The molecule has 19 heavy (non-hydrogen) atoms. The number of rotatable bonds is 3. The molecule has 0 N–H and O–H groups in total. The number of hydrogen-bond acceptors (Lipinski definition) is 2. The predicted octanol–water partition coefficient (Wildman–Crippen LogP) is 4.02. The zero-order valence-electron chi connectivity index (χ0n) is 11.3. The molecular weight excluding hydrogens is 234 g/mol. The van der Waals surface area contributed by atoms with E-state index in [1.165, 1.54) is 43.4 Å². The second kappa shape index (κ2) is 4.66. The van der Waals surface area contributed by atoms with Gasteiger partial charge in [-0.15, -0.1) is 0 Å².